The van der Waals surface area contributed by atoms with Crippen molar-refractivity contribution in [3.8, 4) is 11.5 Å². The van der Waals surface area contributed by atoms with Gasteiger partial charge in [-0.05, 0) is 29.8 Å². The lowest BCUT2D eigenvalue weighted by molar-refractivity contribution is 0.137. The highest BCUT2D eigenvalue weighted by molar-refractivity contribution is 6.31. The van der Waals surface area contributed by atoms with Crippen molar-refractivity contribution in [3.63, 3.8) is 0 Å². The number of hydrogen-bond acceptors (Lipinski definition) is 6. The fourth-order valence-electron chi connectivity index (χ4n) is 3.60. The van der Waals surface area contributed by atoms with Crippen molar-refractivity contribution >= 4 is 46.4 Å². The number of nitrogens with one attached hydrogen (secondary N) is 1. The molecular weight excluding hydrogens is 480 g/mol. The minimum atomic E-state index is -0.482. The Morgan fingerprint density at radius 3 is 2.68 bits per heavy atom. The van der Waals surface area contributed by atoms with Crippen LogP contribution in [0.4, 0.5) is 15.9 Å². The van der Waals surface area contributed by atoms with Crippen molar-refractivity contribution in [1.82, 2.24) is 9.97 Å². The van der Waals surface area contributed by atoms with Gasteiger partial charge >= 0.3 is 0 Å². The first kappa shape index (κ1) is 24.0. The number of anilines is 2. The first-order chi connectivity index (χ1) is 16.2. The Bertz CT molecular complexity index is 1270. The molecule has 1 aliphatic rings. The molecule has 176 valence electrons. The molecule has 9 heteroatoms. The standard InChI is InChI=1S/C25H21ClFN3O3.ClH/c26-20-10-17(6-7-21(20)27)30-25-19-11-24(33-18-8-9-31-14-18)23(12-22(19)28-15-29-25)32-13-16-4-2-1-3-5-16;/h1-7,10-12,15,18H,8-9,13-14H2,(H,28,29,30);1H/t18-;/m0./s1. The second-order valence-electron chi connectivity index (χ2n) is 7.67. The second-order valence-corrected chi connectivity index (χ2v) is 8.08. The molecule has 0 aliphatic carbocycles. The normalized spacial score (nSPS) is 15.1. The molecule has 0 spiro atoms. The highest BCUT2D eigenvalue weighted by atomic mass is 35.5. The molecule has 34 heavy (non-hydrogen) atoms. The number of fused-ring (bicyclic) bond motifs is 1. The van der Waals surface area contributed by atoms with Crippen LogP contribution in [0.3, 0.4) is 0 Å². The van der Waals surface area contributed by atoms with E-state index in [1.165, 1.54) is 18.5 Å². The maximum atomic E-state index is 13.6. The summed E-state index contributed by atoms with van der Waals surface area (Å²) in [7, 11) is 0. The molecule has 1 atom stereocenters. The van der Waals surface area contributed by atoms with Gasteiger partial charge in [-0.2, -0.15) is 0 Å². The fourth-order valence-corrected chi connectivity index (χ4v) is 3.78. The van der Waals surface area contributed by atoms with E-state index >= 15 is 0 Å². The summed E-state index contributed by atoms with van der Waals surface area (Å²) in [6.07, 6.45) is 2.21. The first-order valence-electron chi connectivity index (χ1n) is 10.6. The Kier molecular flexibility index (Phi) is 7.67. The van der Waals surface area contributed by atoms with Gasteiger partial charge in [-0.3, -0.25) is 0 Å². The Morgan fingerprint density at radius 1 is 1.06 bits per heavy atom. The van der Waals surface area contributed by atoms with Crippen LogP contribution in [0.2, 0.25) is 5.02 Å². The molecule has 1 saturated heterocycles. The number of ether oxygens (including phenoxy) is 3. The smallest absolute Gasteiger partial charge is 0.163 e. The lowest BCUT2D eigenvalue weighted by Gasteiger charge is -2.18. The van der Waals surface area contributed by atoms with Crippen LogP contribution in [0.5, 0.6) is 11.5 Å². The summed E-state index contributed by atoms with van der Waals surface area (Å²) >= 11 is 5.93. The van der Waals surface area contributed by atoms with Gasteiger partial charge in [0.1, 0.15) is 30.7 Å². The molecule has 2 heterocycles. The minimum absolute atomic E-state index is 0. The summed E-state index contributed by atoms with van der Waals surface area (Å²) in [5, 5.41) is 3.95. The van der Waals surface area contributed by atoms with Crippen molar-refractivity contribution in [3.05, 3.63) is 83.4 Å². The average Bonchev–Trinajstić information content (AvgIpc) is 3.34. The van der Waals surface area contributed by atoms with Crippen molar-refractivity contribution in [2.45, 2.75) is 19.1 Å². The predicted molar refractivity (Wildman–Crippen MR) is 132 cm³/mol. The van der Waals surface area contributed by atoms with E-state index in [1.807, 2.05) is 42.5 Å². The predicted octanol–water partition coefficient (Wildman–Crippen LogP) is 6.33. The van der Waals surface area contributed by atoms with E-state index in [2.05, 4.69) is 15.3 Å². The van der Waals surface area contributed by atoms with E-state index in [4.69, 9.17) is 25.8 Å². The van der Waals surface area contributed by atoms with E-state index in [0.29, 0.717) is 48.3 Å². The molecule has 1 N–H and O–H groups in total. The maximum absolute atomic E-state index is 13.6. The molecule has 0 amide bonds. The molecule has 1 aliphatic heterocycles. The zero-order valence-corrected chi connectivity index (χ0v) is 19.6. The molecule has 0 saturated carbocycles. The van der Waals surface area contributed by atoms with Crippen LogP contribution in [0.1, 0.15) is 12.0 Å². The third-order valence-electron chi connectivity index (χ3n) is 5.30. The lowest BCUT2D eigenvalue weighted by Crippen LogP contribution is -2.16. The topological polar surface area (TPSA) is 65.5 Å². The van der Waals surface area contributed by atoms with E-state index < -0.39 is 5.82 Å². The SMILES string of the molecule is Cl.Fc1ccc(Nc2ncnc3cc(OCc4ccccc4)c(O[C@H]4CCOC4)cc23)cc1Cl. The quantitative estimate of drug-likeness (QED) is 0.319. The summed E-state index contributed by atoms with van der Waals surface area (Å²) in [4.78, 5) is 8.78. The van der Waals surface area contributed by atoms with Gasteiger partial charge in [0.25, 0.3) is 0 Å². The molecule has 0 unspecified atom stereocenters. The van der Waals surface area contributed by atoms with E-state index in [9.17, 15) is 4.39 Å². The molecule has 0 radical (unpaired) electrons. The summed E-state index contributed by atoms with van der Waals surface area (Å²) in [5.74, 6) is 1.24. The van der Waals surface area contributed by atoms with Gasteiger partial charge in [-0.25, -0.2) is 14.4 Å². The van der Waals surface area contributed by atoms with E-state index in [1.54, 1.807) is 6.07 Å². The number of aromatic nitrogens is 2. The van der Waals surface area contributed by atoms with Crippen LogP contribution < -0.4 is 14.8 Å². The molecule has 3 aromatic carbocycles. The van der Waals surface area contributed by atoms with Gasteiger partial charge in [0.15, 0.2) is 11.5 Å². The number of rotatable bonds is 7. The number of nitrogens with zero attached hydrogens (tertiary/aromatic N) is 2. The zero-order chi connectivity index (χ0) is 22.6. The van der Waals surface area contributed by atoms with Crippen molar-refractivity contribution < 1.29 is 18.6 Å². The number of hydrogen-bond donors (Lipinski definition) is 1. The minimum Gasteiger partial charge on any atom is -0.485 e. The number of benzene rings is 3. The highest BCUT2D eigenvalue weighted by Crippen LogP contribution is 2.37. The van der Waals surface area contributed by atoms with Crippen LogP contribution in [0.25, 0.3) is 10.9 Å². The van der Waals surface area contributed by atoms with Gasteiger partial charge in [0, 0.05) is 23.6 Å². The van der Waals surface area contributed by atoms with Gasteiger partial charge in [-0.15, -0.1) is 12.4 Å². The van der Waals surface area contributed by atoms with E-state index in [0.717, 1.165) is 17.4 Å². The maximum Gasteiger partial charge on any atom is 0.163 e. The zero-order valence-electron chi connectivity index (χ0n) is 18.0. The monoisotopic (exact) mass is 501 g/mol. The van der Waals surface area contributed by atoms with Crippen LogP contribution in [0, 0.1) is 5.82 Å². The van der Waals surface area contributed by atoms with Gasteiger partial charge < -0.3 is 19.5 Å². The summed E-state index contributed by atoms with van der Waals surface area (Å²) in [5.41, 5.74) is 2.34. The Hall–Kier alpha value is -3.13. The van der Waals surface area contributed by atoms with Crippen molar-refractivity contribution in [1.29, 1.82) is 0 Å². The average molecular weight is 502 g/mol. The highest BCUT2D eigenvalue weighted by Gasteiger charge is 2.21. The summed E-state index contributed by atoms with van der Waals surface area (Å²) in [6.45, 7) is 1.59. The molecule has 4 aromatic rings. The van der Waals surface area contributed by atoms with E-state index in [-0.39, 0.29) is 23.5 Å². The van der Waals surface area contributed by atoms with Crippen LogP contribution in [-0.4, -0.2) is 29.3 Å². The molecule has 5 rings (SSSR count). The largest absolute Gasteiger partial charge is 0.485 e. The molecule has 1 aromatic heterocycles. The molecule has 0 bridgehead atoms. The Balaban J connectivity index is 0.00000274. The van der Waals surface area contributed by atoms with Crippen molar-refractivity contribution in [2.75, 3.05) is 18.5 Å². The molecule has 6 nitrogen and oxygen atoms in total. The third-order valence-corrected chi connectivity index (χ3v) is 5.59. The Morgan fingerprint density at radius 2 is 1.91 bits per heavy atom. The fraction of sp³-hybridized carbons (Fsp3) is 0.200. The second kappa shape index (κ2) is 10.9. The third kappa shape index (κ3) is 5.50. The Labute approximate surface area is 207 Å². The summed E-state index contributed by atoms with van der Waals surface area (Å²) in [6, 6.07) is 18.0. The van der Waals surface area contributed by atoms with Crippen LogP contribution in [-0.2, 0) is 11.3 Å². The van der Waals surface area contributed by atoms with Crippen LogP contribution >= 0.6 is 24.0 Å². The van der Waals surface area contributed by atoms with Gasteiger partial charge in [0.05, 0.1) is 23.8 Å². The molecular formula is C25H22Cl2FN3O3. The summed E-state index contributed by atoms with van der Waals surface area (Å²) < 4.78 is 31.4. The molecule has 1 fully saturated rings. The van der Waals surface area contributed by atoms with Gasteiger partial charge in [-0.1, -0.05) is 41.9 Å². The first-order valence-corrected chi connectivity index (χ1v) is 11.0. The van der Waals surface area contributed by atoms with Crippen LogP contribution in [0.15, 0.2) is 67.0 Å². The van der Waals surface area contributed by atoms with Gasteiger partial charge in [0.2, 0.25) is 0 Å². The van der Waals surface area contributed by atoms with Crippen molar-refractivity contribution in [2.24, 2.45) is 0 Å². The lowest BCUT2D eigenvalue weighted by atomic mass is 10.2. The number of halogens is 3.